The molecule has 0 amide bonds. The van der Waals surface area contributed by atoms with Crippen molar-refractivity contribution in [3.8, 4) is 22.6 Å². The molecular formula is C41H29BrO4. The Hall–Kier alpha value is -5.00. The number of allylic oxidation sites excluding steroid dienone is 2. The zero-order chi connectivity index (χ0) is 31.6. The molecule has 6 aromatic rings. The van der Waals surface area contributed by atoms with Crippen molar-refractivity contribution < 1.29 is 19.1 Å². The molecule has 5 heteroatoms. The van der Waals surface area contributed by atoms with Gasteiger partial charge in [0.25, 0.3) is 0 Å². The number of ketones is 2. The van der Waals surface area contributed by atoms with E-state index in [1.54, 1.807) is 6.07 Å². The lowest BCUT2D eigenvalue weighted by molar-refractivity contribution is -0.0811. The standard InChI is InChI=1S/C41H29BrO4/c1-3-29-30(4-2)40(44)37-31(39(29)43)20-16-25-18-22-34-38(35(25)37)36-32-23-28(42)19-15-24(32)17-21-33(36)45-41(46-34,26-11-7-5-8-12-26)27-13-9-6-10-14-27/h5-23H,3-4H2,1-2H3. The van der Waals surface area contributed by atoms with E-state index >= 15 is 0 Å². The third-order valence-electron chi connectivity index (χ3n) is 9.25. The first-order valence-corrected chi connectivity index (χ1v) is 16.4. The van der Waals surface area contributed by atoms with Gasteiger partial charge in [0.2, 0.25) is 0 Å². The Balaban J connectivity index is 1.56. The molecule has 0 atom stereocenters. The van der Waals surface area contributed by atoms with Gasteiger partial charge in [0.05, 0.1) is 0 Å². The van der Waals surface area contributed by atoms with Gasteiger partial charge in [0.15, 0.2) is 11.6 Å². The monoisotopic (exact) mass is 664 g/mol. The number of halogens is 1. The highest BCUT2D eigenvalue weighted by molar-refractivity contribution is 9.10. The number of hydrogen-bond donors (Lipinski definition) is 0. The summed E-state index contributed by atoms with van der Waals surface area (Å²) in [7, 11) is 0. The molecule has 0 saturated carbocycles. The lowest BCUT2D eigenvalue weighted by Gasteiger charge is -2.34. The van der Waals surface area contributed by atoms with E-state index in [1.165, 1.54) is 0 Å². The molecular weight excluding hydrogens is 636 g/mol. The molecule has 0 fully saturated rings. The van der Waals surface area contributed by atoms with Gasteiger partial charge >= 0.3 is 5.79 Å². The molecule has 1 aliphatic heterocycles. The van der Waals surface area contributed by atoms with Crippen LogP contribution in [-0.2, 0) is 5.79 Å². The van der Waals surface area contributed by atoms with Crippen molar-refractivity contribution in [3.05, 3.63) is 153 Å². The molecule has 4 nitrogen and oxygen atoms in total. The number of hydrogen-bond acceptors (Lipinski definition) is 4. The number of Topliss-reactive ketones (excluding diaryl/α,β-unsaturated/α-hetero) is 2. The van der Waals surface area contributed by atoms with Crippen LogP contribution in [0.1, 0.15) is 58.5 Å². The summed E-state index contributed by atoms with van der Waals surface area (Å²) in [5.41, 5.74) is 5.23. The summed E-state index contributed by atoms with van der Waals surface area (Å²) in [5.74, 6) is -0.365. The van der Waals surface area contributed by atoms with Gasteiger partial charge in [-0.1, -0.05) is 115 Å². The van der Waals surface area contributed by atoms with E-state index in [0.29, 0.717) is 52.0 Å². The summed E-state index contributed by atoms with van der Waals surface area (Å²) in [6.07, 6.45) is 0.989. The Morgan fingerprint density at radius 1 is 0.587 bits per heavy atom. The first-order valence-electron chi connectivity index (χ1n) is 15.6. The first kappa shape index (κ1) is 28.5. The quantitative estimate of drug-likeness (QED) is 0.188. The van der Waals surface area contributed by atoms with Crippen LogP contribution in [0.15, 0.2) is 131 Å². The second-order valence-corrected chi connectivity index (χ2v) is 12.6. The van der Waals surface area contributed by atoms with E-state index in [9.17, 15) is 9.59 Å². The Labute approximate surface area is 275 Å². The minimum atomic E-state index is -1.35. The summed E-state index contributed by atoms with van der Waals surface area (Å²) >= 11 is 3.70. The van der Waals surface area contributed by atoms with Crippen LogP contribution in [0.2, 0.25) is 0 Å². The van der Waals surface area contributed by atoms with Crippen molar-refractivity contribution in [2.45, 2.75) is 32.5 Å². The third kappa shape index (κ3) is 4.11. The molecule has 1 heterocycles. The fourth-order valence-corrected chi connectivity index (χ4v) is 7.52. The van der Waals surface area contributed by atoms with Crippen LogP contribution in [-0.4, -0.2) is 11.6 Å². The highest BCUT2D eigenvalue weighted by Crippen LogP contribution is 2.54. The molecule has 8 rings (SSSR count). The lowest BCUT2D eigenvalue weighted by atomic mass is 9.78. The van der Waals surface area contributed by atoms with Gasteiger partial charge in [0.1, 0.15) is 11.5 Å². The minimum Gasteiger partial charge on any atom is -0.444 e. The number of fused-ring (bicyclic) bond motifs is 9. The molecule has 0 unspecified atom stereocenters. The molecule has 0 spiro atoms. The van der Waals surface area contributed by atoms with Gasteiger partial charge in [-0.25, -0.2) is 0 Å². The van der Waals surface area contributed by atoms with Crippen LogP contribution >= 0.6 is 15.9 Å². The summed E-state index contributed by atoms with van der Waals surface area (Å²) in [6, 6.07) is 37.7. The largest absolute Gasteiger partial charge is 0.444 e. The average molecular weight is 666 g/mol. The van der Waals surface area contributed by atoms with Gasteiger partial charge in [-0.3, -0.25) is 9.59 Å². The van der Waals surface area contributed by atoms with Crippen molar-refractivity contribution in [2.75, 3.05) is 0 Å². The zero-order valence-corrected chi connectivity index (χ0v) is 27.0. The van der Waals surface area contributed by atoms with Crippen LogP contribution < -0.4 is 9.47 Å². The molecule has 46 heavy (non-hydrogen) atoms. The zero-order valence-electron chi connectivity index (χ0n) is 25.4. The summed E-state index contributed by atoms with van der Waals surface area (Å²) < 4.78 is 15.3. The summed E-state index contributed by atoms with van der Waals surface area (Å²) in [6.45, 7) is 3.88. The average Bonchev–Trinajstić information content (AvgIpc) is 3.25. The van der Waals surface area contributed by atoms with E-state index in [4.69, 9.17) is 9.47 Å². The fourth-order valence-electron chi connectivity index (χ4n) is 7.16. The maximum absolute atomic E-state index is 14.5. The van der Waals surface area contributed by atoms with E-state index < -0.39 is 5.79 Å². The molecule has 224 valence electrons. The highest BCUT2D eigenvalue weighted by atomic mass is 79.9. The van der Waals surface area contributed by atoms with Crippen molar-refractivity contribution in [2.24, 2.45) is 0 Å². The smallest absolute Gasteiger partial charge is 0.305 e. The molecule has 1 aliphatic carbocycles. The Morgan fingerprint density at radius 2 is 1.13 bits per heavy atom. The predicted molar refractivity (Wildman–Crippen MR) is 186 cm³/mol. The van der Waals surface area contributed by atoms with Crippen LogP contribution in [0.4, 0.5) is 0 Å². The summed E-state index contributed by atoms with van der Waals surface area (Å²) in [5, 5.41) is 3.50. The maximum Gasteiger partial charge on any atom is 0.305 e. The van der Waals surface area contributed by atoms with Crippen molar-refractivity contribution >= 4 is 49.0 Å². The number of carbonyl (C=O) groups excluding carboxylic acids is 2. The van der Waals surface area contributed by atoms with Gasteiger partial charge in [-0.05, 0) is 59.3 Å². The van der Waals surface area contributed by atoms with E-state index in [1.807, 2.05) is 111 Å². The fraction of sp³-hybridized carbons (Fsp3) is 0.122. The van der Waals surface area contributed by atoms with Crippen molar-refractivity contribution in [3.63, 3.8) is 0 Å². The van der Waals surface area contributed by atoms with E-state index in [-0.39, 0.29) is 11.6 Å². The van der Waals surface area contributed by atoms with Crippen LogP contribution in [0, 0.1) is 0 Å². The Bertz CT molecular complexity index is 2230. The molecule has 0 N–H and O–H groups in total. The second kappa shape index (κ2) is 10.8. The molecule has 0 saturated heterocycles. The molecule has 6 aromatic carbocycles. The van der Waals surface area contributed by atoms with E-state index in [2.05, 4.69) is 28.1 Å². The number of benzene rings is 6. The summed E-state index contributed by atoms with van der Waals surface area (Å²) in [4.78, 5) is 28.4. The number of rotatable bonds is 4. The molecule has 2 aliphatic rings. The van der Waals surface area contributed by atoms with Gasteiger partial charge in [0, 0.05) is 54.4 Å². The maximum atomic E-state index is 14.5. The van der Waals surface area contributed by atoms with E-state index in [0.717, 1.165) is 42.9 Å². The minimum absolute atomic E-state index is 0.0805. The Morgan fingerprint density at radius 3 is 1.76 bits per heavy atom. The number of ether oxygens (including phenoxy) is 2. The predicted octanol–water partition coefficient (Wildman–Crippen LogP) is 10.6. The SMILES string of the molecule is CCC1=C(CC)C(=O)c2c(ccc3ccc4c(c23)-c2c(ccc3ccc(Br)cc23)OC(c2ccccc2)(c2ccccc2)O4)C1=O. The van der Waals surface area contributed by atoms with Gasteiger partial charge in [-0.15, -0.1) is 0 Å². The number of carbonyl (C=O) groups is 2. The van der Waals surface area contributed by atoms with Gasteiger partial charge < -0.3 is 9.47 Å². The topological polar surface area (TPSA) is 52.6 Å². The highest BCUT2D eigenvalue weighted by Gasteiger charge is 2.44. The van der Waals surface area contributed by atoms with Crippen molar-refractivity contribution in [1.29, 1.82) is 0 Å². The lowest BCUT2D eigenvalue weighted by Crippen LogP contribution is -2.40. The molecule has 0 aromatic heterocycles. The Kier molecular flexibility index (Phi) is 6.69. The third-order valence-corrected chi connectivity index (χ3v) is 9.74. The van der Waals surface area contributed by atoms with Crippen LogP contribution in [0.25, 0.3) is 32.7 Å². The second-order valence-electron chi connectivity index (χ2n) is 11.7. The molecule has 0 radical (unpaired) electrons. The molecule has 0 bridgehead atoms. The first-order chi connectivity index (χ1) is 22.4. The van der Waals surface area contributed by atoms with Gasteiger partial charge in [-0.2, -0.15) is 0 Å². The normalized spacial score (nSPS) is 15.1. The van der Waals surface area contributed by atoms with Crippen LogP contribution in [0.3, 0.4) is 0 Å². The van der Waals surface area contributed by atoms with Crippen molar-refractivity contribution in [1.82, 2.24) is 0 Å². The van der Waals surface area contributed by atoms with Crippen LogP contribution in [0.5, 0.6) is 11.5 Å².